The van der Waals surface area contributed by atoms with E-state index >= 15 is 0 Å². The van der Waals surface area contributed by atoms with Gasteiger partial charge in [0.25, 0.3) is 0 Å². The van der Waals surface area contributed by atoms with E-state index < -0.39 is 12.1 Å². The van der Waals surface area contributed by atoms with Crippen LogP contribution in [0.5, 0.6) is 11.5 Å². The summed E-state index contributed by atoms with van der Waals surface area (Å²) in [7, 11) is 0. The van der Waals surface area contributed by atoms with Crippen LogP contribution in [0.2, 0.25) is 0 Å². The lowest BCUT2D eigenvalue weighted by Crippen LogP contribution is -2.48. The molecule has 22 heavy (non-hydrogen) atoms. The standard InChI is InChI=1S/C15H21N3O4/c1-4-9(2)16-14(19)10(3)17-15(20)18-11-5-6-12-13(7-11)22-8-21-12/h5-7,9-10H,4,8H2,1-3H3,(H,16,19)(H2,17,18,20)/t9-,10+/m1/s1. The molecule has 1 aromatic rings. The van der Waals surface area contributed by atoms with E-state index in [1.807, 2.05) is 13.8 Å². The number of carbonyl (C=O) groups is 2. The molecule has 3 amide bonds. The quantitative estimate of drug-likeness (QED) is 0.774. The van der Waals surface area contributed by atoms with Gasteiger partial charge in [-0.3, -0.25) is 4.79 Å². The maximum atomic E-state index is 11.9. The van der Waals surface area contributed by atoms with Crippen LogP contribution in [-0.2, 0) is 4.79 Å². The van der Waals surface area contributed by atoms with Crippen molar-refractivity contribution in [2.75, 3.05) is 12.1 Å². The molecular weight excluding hydrogens is 286 g/mol. The Kier molecular flexibility index (Phi) is 5.08. The fourth-order valence-corrected chi connectivity index (χ4v) is 1.87. The van der Waals surface area contributed by atoms with E-state index in [9.17, 15) is 9.59 Å². The Morgan fingerprint density at radius 3 is 2.64 bits per heavy atom. The van der Waals surface area contributed by atoms with Crippen molar-refractivity contribution in [2.45, 2.75) is 39.3 Å². The number of ether oxygens (including phenoxy) is 2. The van der Waals surface area contributed by atoms with Crippen LogP contribution in [0.1, 0.15) is 27.2 Å². The Bertz CT molecular complexity index is 562. The van der Waals surface area contributed by atoms with Crippen molar-refractivity contribution in [3.8, 4) is 11.5 Å². The largest absolute Gasteiger partial charge is 0.454 e. The number of rotatable bonds is 5. The van der Waals surface area contributed by atoms with Crippen LogP contribution in [0.3, 0.4) is 0 Å². The molecule has 0 spiro atoms. The highest BCUT2D eigenvalue weighted by molar-refractivity contribution is 5.93. The molecule has 3 N–H and O–H groups in total. The van der Waals surface area contributed by atoms with Crippen LogP contribution in [-0.4, -0.2) is 30.8 Å². The SMILES string of the molecule is CC[C@@H](C)NC(=O)[C@H](C)NC(=O)Nc1ccc2c(c1)OCO2. The van der Waals surface area contributed by atoms with Crippen molar-refractivity contribution in [1.82, 2.24) is 10.6 Å². The van der Waals surface area contributed by atoms with E-state index in [4.69, 9.17) is 9.47 Å². The molecular formula is C15H21N3O4. The number of anilines is 1. The third-order valence-electron chi connectivity index (χ3n) is 3.37. The molecule has 7 nitrogen and oxygen atoms in total. The van der Waals surface area contributed by atoms with Gasteiger partial charge in [-0.1, -0.05) is 6.92 Å². The topological polar surface area (TPSA) is 88.7 Å². The third kappa shape index (κ3) is 4.03. The highest BCUT2D eigenvalue weighted by Gasteiger charge is 2.18. The molecule has 0 radical (unpaired) electrons. The summed E-state index contributed by atoms with van der Waals surface area (Å²) in [6.45, 7) is 5.71. The smallest absolute Gasteiger partial charge is 0.319 e. The molecule has 0 bridgehead atoms. The first kappa shape index (κ1) is 15.9. The fourth-order valence-electron chi connectivity index (χ4n) is 1.87. The summed E-state index contributed by atoms with van der Waals surface area (Å²) in [6, 6.07) is 4.10. The molecule has 0 aromatic heterocycles. The van der Waals surface area contributed by atoms with Gasteiger partial charge in [-0.05, 0) is 32.4 Å². The van der Waals surface area contributed by atoms with Gasteiger partial charge in [0.2, 0.25) is 12.7 Å². The van der Waals surface area contributed by atoms with Crippen LogP contribution in [0.4, 0.5) is 10.5 Å². The molecule has 0 fully saturated rings. The van der Waals surface area contributed by atoms with E-state index in [0.29, 0.717) is 17.2 Å². The summed E-state index contributed by atoms with van der Waals surface area (Å²) >= 11 is 0. The zero-order valence-corrected chi connectivity index (χ0v) is 12.9. The molecule has 2 rings (SSSR count). The second kappa shape index (κ2) is 7.02. The summed E-state index contributed by atoms with van der Waals surface area (Å²) in [5.41, 5.74) is 0.566. The summed E-state index contributed by atoms with van der Waals surface area (Å²) in [6.07, 6.45) is 0.835. The van der Waals surface area contributed by atoms with Gasteiger partial charge in [0, 0.05) is 17.8 Å². The van der Waals surface area contributed by atoms with Crippen molar-refractivity contribution in [1.29, 1.82) is 0 Å². The first-order valence-corrected chi connectivity index (χ1v) is 7.27. The lowest BCUT2D eigenvalue weighted by molar-refractivity contribution is -0.123. The van der Waals surface area contributed by atoms with Crippen LogP contribution in [0.15, 0.2) is 18.2 Å². The second-order valence-electron chi connectivity index (χ2n) is 5.21. The number of nitrogens with one attached hydrogen (secondary N) is 3. The van der Waals surface area contributed by atoms with E-state index in [0.717, 1.165) is 6.42 Å². The maximum absolute atomic E-state index is 11.9. The number of carbonyl (C=O) groups excluding carboxylic acids is 2. The van der Waals surface area contributed by atoms with Crippen molar-refractivity contribution >= 4 is 17.6 Å². The van der Waals surface area contributed by atoms with Crippen LogP contribution in [0.25, 0.3) is 0 Å². The number of urea groups is 1. The molecule has 1 aromatic carbocycles. The number of fused-ring (bicyclic) bond motifs is 1. The van der Waals surface area contributed by atoms with Crippen LogP contribution in [0, 0.1) is 0 Å². The Morgan fingerprint density at radius 2 is 1.91 bits per heavy atom. The molecule has 7 heteroatoms. The van der Waals surface area contributed by atoms with Crippen LogP contribution >= 0.6 is 0 Å². The normalized spacial score (nSPS) is 14.9. The molecule has 1 aliphatic heterocycles. The van der Waals surface area contributed by atoms with Gasteiger partial charge in [-0.25, -0.2) is 4.79 Å². The lowest BCUT2D eigenvalue weighted by atomic mass is 10.2. The molecule has 1 heterocycles. The van der Waals surface area contributed by atoms with Crippen molar-refractivity contribution < 1.29 is 19.1 Å². The van der Waals surface area contributed by atoms with E-state index in [1.165, 1.54) is 0 Å². The van der Waals surface area contributed by atoms with Gasteiger partial charge in [0.15, 0.2) is 11.5 Å². The first-order valence-electron chi connectivity index (χ1n) is 7.27. The monoisotopic (exact) mass is 307 g/mol. The highest BCUT2D eigenvalue weighted by Crippen LogP contribution is 2.34. The van der Waals surface area contributed by atoms with Crippen molar-refractivity contribution in [3.63, 3.8) is 0 Å². The minimum atomic E-state index is -0.622. The predicted octanol–water partition coefficient (Wildman–Crippen LogP) is 1.84. The molecule has 1 aliphatic rings. The van der Waals surface area contributed by atoms with Gasteiger partial charge in [0.05, 0.1) is 0 Å². The van der Waals surface area contributed by atoms with E-state index in [1.54, 1.807) is 25.1 Å². The number of amides is 3. The molecule has 0 saturated heterocycles. The van der Waals surface area contributed by atoms with Crippen LogP contribution < -0.4 is 25.4 Å². The summed E-state index contributed by atoms with van der Waals surface area (Å²) < 4.78 is 10.4. The van der Waals surface area contributed by atoms with E-state index in [-0.39, 0.29) is 18.7 Å². The van der Waals surface area contributed by atoms with Crippen molar-refractivity contribution in [2.24, 2.45) is 0 Å². The fraction of sp³-hybridized carbons (Fsp3) is 0.467. The van der Waals surface area contributed by atoms with Gasteiger partial charge >= 0.3 is 6.03 Å². The summed E-state index contributed by atoms with van der Waals surface area (Å²) in [5, 5.41) is 8.06. The zero-order chi connectivity index (χ0) is 16.1. The molecule has 0 aliphatic carbocycles. The molecule has 2 atom stereocenters. The Morgan fingerprint density at radius 1 is 1.18 bits per heavy atom. The first-order chi connectivity index (χ1) is 10.5. The lowest BCUT2D eigenvalue weighted by Gasteiger charge is -2.17. The summed E-state index contributed by atoms with van der Waals surface area (Å²) in [5.74, 6) is 1.02. The minimum Gasteiger partial charge on any atom is -0.454 e. The average molecular weight is 307 g/mol. The molecule has 0 saturated carbocycles. The van der Waals surface area contributed by atoms with Crippen molar-refractivity contribution in [3.05, 3.63) is 18.2 Å². The average Bonchev–Trinajstić information content (AvgIpc) is 2.94. The Hall–Kier alpha value is -2.44. The third-order valence-corrected chi connectivity index (χ3v) is 3.37. The Balaban J connectivity index is 1.86. The Labute approximate surface area is 129 Å². The van der Waals surface area contributed by atoms with Gasteiger partial charge in [-0.2, -0.15) is 0 Å². The number of benzene rings is 1. The number of hydrogen-bond acceptors (Lipinski definition) is 4. The molecule has 0 unspecified atom stereocenters. The zero-order valence-electron chi connectivity index (χ0n) is 12.9. The number of hydrogen-bond donors (Lipinski definition) is 3. The highest BCUT2D eigenvalue weighted by atomic mass is 16.7. The van der Waals surface area contributed by atoms with Gasteiger partial charge < -0.3 is 25.4 Å². The second-order valence-corrected chi connectivity index (χ2v) is 5.21. The van der Waals surface area contributed by atoms with Gasteiger partial charge in [-0.15, -0.1) is 0 Å². The maximum Gasteiger partial charge on any atom is 0.319 e. The molecule has 120 valence electrons. The summed E-state index contributed by atoms with van der Waals surface area (Å²) in [4.78, 5) is 23.8. The van der Waals surface area contributed by atoms with E-state index in [2.05, 4.69) is 16.0 Å². The predicted molar refractivity (Wildman–Crippen MR) is 82.1 cm³/mol. The minimum absolute atomic E-state index is 0.0775. The van der Waals surface area contributed by atoms with Gasteiger partial charge in [0.1, 0.15) is 6.04 Å².